The highest BCUT2D eigenvalue weighted by atomic mass is 79.9. The third-order valence-electron chi connectivity index (χ3n) is 3.22. The molecular weight excluding hydrogens is 340 g/mol. The molecule has 1 saturated carbocycles. The van der Waals surface area contributed by atoms with Crippen LogP contribution in [-0.2, 0) is 0 Å². The van der Waals surface area contributed by atoms with Crippen molar-refractivity contribution in [3.8, 4) is 17.1 Å². The lowest BCUT2D eigenvalue weighted by Gasteiger charge is -2.08. The summed E-state index contributed by atoms with van der Waals surface area (Å²) in [5.74, 6) is 2.04. The van der Waals surface area contributed by atoms with Crippen LogP contribution in [0.5, 0.6) is 5.75 Å². The van der Waals surface area contributed by atoms with Crippen LogP contribution in [0.1, 0.15) is 31.4 Å². The third kappa shape index (κ3) is 2.81. The molecule has 5 heteroatoms. The SMILES string of the molecule is CCOc1ccc(-c2nc(Cl)c(Br)c(C3CC3)n2)cc1. The van der Waals surface area contributed by atoms with Crippen molar-refractivity contribution in [3.63, 3.8) is 0 Å². The summed E-state index contributed by atoms with van der Waals surface area (Å²) >= 11 is 9.68. The molecule has 1 fully saturated rings. The maximum Gasteiger partial charge on any atom is 0.161 e. The zero-order valence-electron chi connectivity index (χ0n) is 11.1. The van der Waals surface area contributed by atoms with E-state index in [9.17, 15) is 0 Å². The Morgan fingerprint density at radius 2 is 1.95 bits per heavy atom. The highest BCUT2D eigenvalue weighted by molar-refractivity contribution is 9.10. The van der Waals surface area contributed by atoms with Gasteiger partial charge in [0, 0.05) is 11.5 Å². The van der Waals surface area contributed by atoms with Crippen molar-refractivity contribution in [2.24, 2.45) is 0 Å². The van der Waals surface area contributed by atoms with Gasteiger partial charge in [-0.15, -0.1) is 0 Å². The molecule has 0 atom stereocenters. The van der Waals surface area contributed by atoms with E-state index in [-0.39, 0.29) is 0 Å². The van der Waals surface area contributed by atoms with Crippen LogP contribution in [0.15, 0.2) is 28.7 Å². The first-order valence-electron chi connectivity index (χ1n) is 6.65. The first kappa shape index (κ1) is 13.8. The minimum absolute atomic E-state index is 0.478. The molecule has 0 aliphatic heterocycles. The number of halogens is 2. The van der Waals surface area contributed by atoms with Crippen LogP contribution in [-0.4, -0.2) is 16.6 Å². The summed E-state index contributed by atoms with van der Waals surface area (Å²) in [5.41, 5.74) is 1.97. The number of ether oxygens (including phenoxy) is 1. The van der Waals surface area contributed by atoms with E-state index in [0.717, 1.165) is 21.5 Å². The second-order valence-electron chi connectivity index (χ2n) is 4.77. The molecule has 104 valence electrons. The van der Waals surface area contributed by atoms with Gasteiger partial charge in [0.1, 0.15) is 10.9 Å². The quantitative estimate of drug-likeness (QED) is 0.738. The second-order valence-corrected chi connectivity index (χ2v) is 5.92. The van der Waals surface area contributed by atoms with Crippen molar-refractivity contribution in [1.82, 2.24) is 9.97 Å². The van der Waals surface area contributed by atoms with E-state index < -0.39 is 0 Å². The van der Waals surface area contributed by atoms with Crippen LogP contribution in [0, 0.1) is 0 Å². The van der Waals surface area contributed by atoms with Crippen LogP contribution in [0.2, 0.25) is 5.15 Å². The molecule has 3 nitrogen and oxygen atoms in total. The summed E-state index contributed by atoms with van der Waals surface area (Å²) in [6.45, 7) is 2.62. The molecule has 0 spiro atoms. The molecule has 0 bridgehead atoms. The predicted octanol–water partition coefficient (Wildman–Crippen LogP) is 4.84. The number of nitrogens with zero attached hydrogens (tertiary/aromatic N) is 2. The molecule has 3 rings (SSSR count). The maximum absolute atomic E-state index is 6.20. The molecule has 0 N–H and O–H groups in total. The van der Waals surface area contributed by atoms with Crippen molar-refractivity contribution in [3.05, 3.63) is 39.6 Å². The van der Waals surface area contributed by atoms with Gasteiger partial charge in [0.25, 0.3) is 0 Å². The lowest BCUT2D eigenvalue weighted by atomic mass is 10.2. The smallest absolute Gasteiger partial charge is 0.161 e. The fraction of sp³-hybridized carbons (Fsp3) is 0.333. The average molecular weight is 354 g/mol. The Morgan fingerprint density at radius 1 is 1.25 bits per heavy atom. The number of rotatable bonds is 4. The van der Waals surface area contributed by atoms with E-state index in [2.05, 4.69) is 25.9 Å². The van der Waals surface area contributed by atoms with Gasteiger partial charge in [0.05, 0.1) is 16.8 Å². The number of hydrogen-bond donors (Lipinski definition) is 0. The van der Waals surface area contributed by atoms with E-state index >= 15 is 0 Å². The fourth-order valence-electron chi connectivity index (χ4n) is 2.06. The standard InChI is InChI=1S/C15H14BrClN2O/c1-2-20-11-7-5-10(6-8-11)15-18-13(9-3-4-9)12(16)14(17)19-15/h5-9H,2-4H2,1H3. The predicted molar refractivity (Wildman–Crippen MR) is 83.3 cm³/mol. The molecule has 1 aliphatic carbocycles. The van der Waals surface area contributed by atoms with Crippen molar-refractivity contribution in [2.45, 2.75) is 25.7 Å². The Kier molecular flexibility index (Phi) is 3.94. The van der Waals surface area contributed by atoms with E-state index in [1.807, 2.05) is 31.2 Å². The maximum atomic E-state index is 6.20. The van der Waals surface area contributed by atoms with Crippen LogP contribution in [0.3, 0.4) is 0 Å². The molecule has 1 aliphatic rings. The largest absolute Gasteiger partial charge is 0.494 e. The van der Waals surface area contributed by atoms with Crippen LogP contribution in [0.4, 0.5) is 0 Å². The van der Waals surface area contributed by atoms with Gasteiger partial charge >= 0.3 is 0 Å². The number of benzene rings is 1. The highest BCUT2D eigenvalue weighted by Crippen LogP contribution is 2.44. The molecule has 20 heavy (non-hydrogen) atoms. The summed E-state index contributed by atoms with van der Waals surface area (Å²) in [4.78, 5) is 9.01. The van der Waals surface area contributed by atoms with E-state index in [1.165, 1.54) is 12.8 Å². The van der Waals surface area contributed by atoms with E-state index in [0.29, 0.717) is 23.5 Å². The summed E-state index contributed by atoms with van der Waals surface area (Å²) in [6.07, 6.45) is 2.35. The van der Waals surface area contributed by atoms with Crippen LogP contribution < -0.4 is 4.74 Å². The minimum Gasteiger partial charge on any atom is -0.494 e. The van der Waals surface area contributed by atoms with Gasteiger partial charge < -0.3 is 4.74 Å². The van der Waals surface area contributed by atoms with Gasteiger partial charge in [-0.3, -0.25) is 0 Å². The highest BCUT2D eigenvalue weighted by Gasteiger charge is 2.29. The lowest BCUT2D eigenvalue weighted by molar-refractivity contribution is 0.340. The lowest BCUT2D eigenvalue weighted by Crippen LogP contribution is -1.97. The van der Waals surface area contributed by atoms with Crippen LogP contribution in [0.25, 0.3) is 11.4 Å². The normalized spacial score (nSPS) is 14.3. The van der Waals surface area contributed by atoms with Gasteiger partial charge in [-0.25, -0.2) is 9.97 Å². The Hall–Kier alpha value is -1.13. The van der Waals surface area contributed by atoms with Gasteiger partial charge in [0.2, 0.25) is 0 Å². The average Bonchev–Trinajstić information content (AvgIpc) is 3.27. The molecule has 0 amide bonds. The first-order chi connectivity index (χ1) is 9.69. The van der Waals surface area contributed by atoms with Crippen molar-refractivity contribution in [1.29, 1.82) is 0 Å². The van der Waals surface area contributed by atoms with Gasteiger partial charge in [-0.2, -0.15) is 0 Å². The second kappa shape index (κ2) is 5.70. The third-order valence-corrected chi connectivity index (χ3v) is 4.51. The summed E-state index contributed by atoms with van der Waals surface area (Å²) in [6, 6.07) is 7.77. The molecule has 0 unspecified atom stereocenters. The van der Waals surface area contributed by atoms with Gasteiger partial charge in [-0.05, 0) is 60.0 Å². The topological polar surface area (TPSA) is 35.0 Å². The van der Waals surface area contributed by atoms with Crippen LogP contribution >= 0.6 is 27.5 Å². The Balaban J connectivity index is 1.96. The zero-order chi connectivity index (χ0) is 14.1. The van der Waals surface area contributed by atoms with Gasteiger partial charge in [0.15, 0.2) is 5.82 Å². The Bertz CT molecular complexity index is 627. The molecule has 0 saturated heterocycles. The Labute approximate surface area is 131 Å². The van der Waals surface area contributed by atoms with Gasteiger partial charge in [-0.1, -0.05) is 11.6 Å². The van der Waals surface area contributed by atoms with Crippen molar-refractivity contribution >= 4 is 27.5 Å². The monoisotopic (exact) mass is 352 g/mol. The minimum atomic E-state index is 0.478. The number of hydrogen-bond acceptors (Lipinski definition) is 3. The number of aromatic nitrogens is 2. The van der Waals surface area contributed by atoms with E-state index in [1.54, 1.807) is 0 Å². The van der Waals surface area contributed by atoms with Crippen molar-refractivity contribution < 1.29 is 4.74 Å². The molecule has 1 heterocycles. The summed E-state index contributed by atoms with van der Waals surface area (Å²) in [7, 11) is 0. The summed E-state index contributed by atoms with van der Waals surface area (Å²) in [5, 5.41) is 0.478. The summed E-state index contributed by atoms with van der Waals surface area (Å²) < 4.78 is 6.27. The molecule has 2 aromatic rings. The first-order valence-corrected chi connectivity index (χ1v) is 7.82. The molecular formula is C15H14BrClN2O. The molecule has 1 aromatic heterocycles. The Morgan fingerprint density at radius 3 is 2.55 bits per heavy atom. The van der Waals surface area contributed by atoms with Crippen molar-refractivity contribution in [2.75, 3.05) is 6.61 Å². The van der Waals surface area contributed by atoms with E-state index in [4.69, 9.17) is 16.3 Å². The molecule has 1 aromatic carbocycles. The fourth-order valence-corrected chi connectivity index (χ4v) is 2.74. The zero-order valence-corrected chi connectivity index (χ0v) is 13.4. The molecule has 0 radical (unpaired) electrons.